The van der Waals surface area contributed by atoms with Crippen LogP contribution in [0.2, 0.25) is 0 Å². The Balaban J connectivity index is 3.66. The number of rotatable bonds is 5. The average Bonchev–Trinajstić information content (AvgIpc) is 1.98. The third-order valence-corrected chi connectivity index (χ3v) is 2.16. The normalized spacial score (nSPS) is 13.1. The van der Waals surface area contributed by atoms with Crippen molar-refractivity contribution in [1.29, 1.82) is 0 Å². The third-order valence-electron chi connectivity index (χ3n) is 1.90. The number of carbonyl (C=O) groups is 1. The van der Waals surface area contributed by atoms with Crippen LogP contribution in [-0.4, -0.2) is 10.1 Å². The van der Waals surface area contributed by atoms with E-state index in [9.17, 15) is 4.79 Å². The van der Waals surface area contributed by atoms with E-state index in [-0.39, 0.29) is 10.1 Å². The van der Waals surface area contributed by atoms with Crippen LogP contribution < -0.4 is 0 Å². The van der Waals surface area contributed by atoms with Gasteiger partial charge in [0.15, 0.2) is 0 Å². The second kappa shape index (κ2) is 6.69. The van der Waals surface area contributed by atoms with E-state index in [1.54, 1.807) is 0 Å². The highest BCUT2D eigenvalue weighted by Crippen LogP contribution is 2.14. The van der Waals surface area contributed by atoms with Gasteiger partial charge in [0.25, 0.3) is 0 Å². The maximum atomic E-state index is 11.2. The maximum absolute atomic E-state index is 11.2. The molecule has 0 saturated heterocycles. The summed E-state index contributed by atoms with van der Waals surface area (Å²) in [4.78, 5) is 11.2. The summed E-state index contributed by atoms with van der Waals surface area (Å²) in [6.07, 6.45) is 2.68. The molecule has 0 heterocycles. The zero-order chi connectivity index (χ0) is 9.56. The molecule has 1 atom stereocenters. The van der Waals surface area contributed by atoms with Gasteiger partial charge in [0.05, 0.1) is 0 Å². The first-order valence-electron chi connectivity index (χ1n) is 4.43. The number of carbonyl (C=O) groups excluding carboxylic acids is 1. The molecule has 0 radical (unpaired) electrons. The second-order valence-corrected chi connectivity index (χ2v) is 4.67. The van der Waals surface area contributed by atoms with Crippen molar-refractivity contribution in [3.05, 3.63) is 0 Å². The standard InChI is InChI=1S/C9H17IO2/c1-4-8(5-2)6-9(11)12-7(3)10/h7-8H,4-6H2,1-3H3. The molecule has 0 saturated carbocycles. The minimum atomic E-state index is -0.0643. The first-order valence-corrected chi connectivity index (χ1v) is 5.68. The van der Waals surface area contributed by atoms with Crippen LogP contribution in [0.5, 0.6) is 0 Å². The Morgan fingerprint density at radius 1 is 1.42 bits per heavy atom. The SMILES string of the molecule is CCC(CC)CC(=O)OC(C)I. The molecule has 0 fully saturated rings. The molecule has 0 aromatic carbocycles. The number of esters is 1. The summed E-state index contributed by atoms with van der Waals surface area (Å²) in [6.45, 7) is 6.08. The molecule has 0 spiro atoms. The van der Waals surface area contributed by atoms with Crippen molar-refractivity contribution >= 4 is 28.6 Å². The van der Waals surface area contributed by atoms with Gasteiger partial charge in [-0.25, -0.2) is 0 Å². The van der Waals surface area contributed by atoms with Crippen LogP contribution in [-0.2, 0) is 9.53 Å². The van der Waals surface area contributed by atoms with E-state index in [1.807, 2.05) is 6.92 Å². The highest BCUT2D eigenvalue weighted by molar-refractivity contribution is 14.1. The molecule has 2 nitrogen and oxygen atoms in total. The van der Waals surface area contributed by atoms with Crippen LogP contribution in [0.15, 0.2) is 0 Å². The van der Waals surface area contributed by atoms with Crippen molar-refractivity contribution in [2.24, 2.45) is 5.92 Å². The van der Waals surface area contributed by atoms with E-state index in [1.165, 1.54) is 0 Å². The molecule has 0 aliphatic carbocycles. The molecule has 12 heavy (non-hydrogen) atoms. The summed E-state index contributed by atoms with van der Waals surface area (Å²) in [5, 5.41) is 0. The predicted molar refractivity (Wildman–Crippen MR) is 58.3 cm³/mol. The van der Waals surface area contributed by atoms with Gasteiger partial charge in [-0.05, 0) is 35.4 Å². The monoisotopic (exact) mass is 284 g/mol. The summed E-state index contributed by atoms with van der Waals surface area (Å²) in [6, 6.07) is 0. The van der Waals surface area contributed by atoms with Gasteiger partial charge in [0.2, 0.25) is 0 Å². The second-order valence-electron chi connectivity index (χ2n) is 2.92. The van der Waals surface area contributed by atoms with Gasteiger partial charge < -0.3 is 4.74 Å². The van der Waals surface area contributed by atoms with Crippen molar-refractivity contribution in [1.82, 2.24) is 0 Å². The molecule has 72 valence electrons. The summed E-state index contributed by atoms with van der Waals surface area (Å²) >= 11 is 2.09. The van der Waals surface area contributed by atoms with Crippen molar-refractivity contribution in [3.8, 4) is 0 Å². The Bertz CT molecular complexity index is 130. The van der Waals surface area contributed by atoms with Crippen molar-refractivity contribution < 1.29 is 9.53 Å². The van der Waals surface area contributed by atoms with Gasteiger partial charge in [-0.15, -0.1) is 0 Å². The molecule has 0 amide bonds. The van der Waals surface area contributed by atoms with Crippen molar-refractivity contribution in [3.63, 3.8) is 0 Å². The molecule has 0 N–H and O–H groups in total. The molecule has 1 unspecified atom stereocenters. The Morgan fingerprint density at radius 3 is 2.25 bits per heavy atom. The van der Waals surface area contributed by atoms with Gasteiger partial charge in [-0.1, -0.05) is 26.7 Å². The average molecular weight is 284 g/mol. The minimum absolute atomic E-state index is 0.00976. The largest absolute Gasteiger partial charge is 0.452 e. The molecule has 0 aliphatic heterocycles. The maximum Gasteiger partial charge on any atom is 0.307 e. The molecular weight excluding hydrogens is 267 g/mol. The number of hydrogen-bond acceptors (Lipinski definition) is 2. The van der Waals surface area contributed by atoms with E-state index < -0.39 is 0 Å². The quantitative estimate of drug-likeness (QED) is 0.440. The lowest BCUT2D eigenvalue weighted by atomic mass is 10.00. The number of alkyl halides is 1. The molecular formula is C9H17IO2. The Morgan fingerprint density at radius 2 is 1.92 bits per heavy atom. The summed E-state index contributed by atoms with van der Waals surface area (Å²) < 4.78 is 5.02. The van der Waals surface area contributed by atoms with E-state index in [4.69, 9.17) is 4.74 Å². The molecule has 0 rings (SSSR count). The number of halogens is 1. The predicted octanol–water partition coefficient (Wildman–Crippen LogP) is 3.14. The summed E-state index contributed by atoms with van der Waals surface area (Å²) in [5.74, 6) is 0.429. The topological polar surface area (TPSA) is 26.3 Å². The van der Waals surface area contributed by atoms with Gasteiger partial charge in [-0.3, -0.25) is 4.79 Å². The Labute approximate surface area is 88.2 Å². The fraction of sp³-hybridized carbons (Fsp3) is 0.889. The van der Waals surface area contributed by atoms with Crippen LogP contribution in [0.3, 0.4) is 0 Å². The first-order chi connectivity index (χ1) is 5.60. The zero-order valence-electron chi connectivity index (χ0n) is 7.97. The van der Waals surface area contributed by atoms with E-state index in [0.29, 0.717) is 12.3 Å². The fourth-order valence-electron chi connectivity index (χ4n) is 1.04. The van der Waals surface area contributed by atoms with Crippen LogP contribution in [0, 0.1) is 5.92 Å². The van der Waals surface area contributed by atoms with Crippen LogP contribution >= 0.6 is 22.6 Å². The van der Waals surface area contributed by atoms with Gasteiger partial charge in [0, 0.05) is 6.42 Å². The zero-order valence-corrected chi connectivity index (χ0v) is 10.1. The lowest BCUT2D eigenvalue weighted by Gasteiger charge is -2.12. The van der Waals surface area contributed by atoms with Crippen LogP contribution in [0.1, 0.15) is 40.0 Å². The smallest absolute Gasteiger partial charge is 0.307 e. The summed E-state index contributed by atoms with van der Waals surface area (Å²) in [5.41, 5.74) is 0. The number of hydrogen-bond donors (Lipinski definition) is 0. The van der Waals surface area contributed by atoms with Gasteiger partial charge in [0.1, 0.15) is 4.11 Å². The van der Waals surface area contributed by atoms with Crippen LogP contribution in [0.25, 0.3) is 0 Å². The fourth-order valence-corrected chi connectivity index (χ4v) is 1.33. The summed E-state index contributed by atoms with van der Waals surface area (Å²) in [7, 11) is 0. The lowest BCUT2D eigenvalue weighted by Crippen LogP contribution is -2.13. The highest BCUT2D eigenvalue weighted by Gasteiger charge is 2.12. The van der Waals surface area contributed by atoms with Gasteiger partial charge >= 0.3 is 5.97 Å². The van der Waals surface area contributed by atoms with Crippen LogP contribution in [0.4, 0.5) is 0 Å². The Hall–Kier alpha value is 0.200. The van der Waals surface area contributed by atoms with Gasteiger partial charge in [-0.2, -0.15) is 0 Å². The first kappa shape index (κ1) is 12.2. The van der Waals surface area contributed by atoms with Crippen molar-refractivity contribution in [2.45, 2.75) is 44.1 Å². The molecule has 0 aliphatic rings. The Kier molecular flexibility index (Phi) is 6.80. The highest BCUT2D eigenvalue weighted by atomic mass is 127. The molecule has 3 heteroatoms. The molecule has 0 aromatic rings. The molecule has 0 bridgehead atoms. The third kappa shape index (κ3) is 5.80. The van der Waals surface area contributed by atoms with E-state index >= 15 is 0 Å². The molecule has 0 aromatic heterocycles. The van der Waals surface area contributed by atoms with Crippen molar-refractivity contribution in [2.75, 3.05) is 0 Å². The van der Waals surface area contributed by atoms with E-state index in [0.717, 1.165) is 12.8 Å². The number of ether oxygens (including phenoxy) is 1. The van der Waals surface area contributed by atoms with E-state index in [2.05, 4.69) is 36.4 Å². The minimum Gasteiger partial charge on any atom is -0.452 e. The lowest BCUT2D eigenvalue weighted by molar-refractivity contribution is -0.145.